The average molecular weight is 304 g/mol. The number of amides is 1. The van der Waals surface area contributed by atoms with E-state index in [4.69, 9.17) is 5.11 Å². The molecule has 114 valence electrons. The number of para-hydroxylation sites is 1. The lowest BCUT2D eigenvalue weighted by atomic mass is 10.1. The van der Waals surface area contributed by atoms with E-state index in [-0.39, 0.29) is 23.4 Å². The van der Waals surface area contributed by atoms with Crippen molar-refractivity contribution in [1.29, 1.82) is 0 Å². The lowest BCUT2D eigenvalue weighted by molar-refractivity contribution is -0.385. The summed E-state index contributed by atoms with van der Waals surface area (Å²) in [4.78, 5) is 22.3. The maximum Gasteiger partial charge on any atom is 0.282 e. The van der Waals surface area contributed by atoms with Gasteiger partial charge in [-0.25, -0.2) is 4.39 Å². The first kappa shape index (κ1) is 15.6. The average Bonchev–Trinajstić information content (AvgIpc) is 2.53. The summed E-state index contributed by atoms with van der Waals surface area (Å²) in [5, 5.41) is 22.4. The zero-order valence-corrected chi connectivity index (χ0v) is 11.5. The zero-order valence-electron chi connectivity index (χ0n) is 11.5. The number of halogens is 1. The Balaban J connectivity index is 2.12. The van der Waals surface area contributed by atoms with E-state index >= 15 is 0 Å². The Bertz CT molecular complexity index is 718. The van der Waals surface area contributed by atoms with E-state index in [9.17, 15) is 19.3 Å². The van der Waals surface area contributed by atoms with Crippen LogP contribution < -0.4 is 5.32 Å². The molecule has 0 aliphatic heterocycles. The second-order valence-corrected chi connectivity index (χ2v) is 4.54. The maximum absolute atomic E-state index is 13.3. The summed E-state index contributed by atoms with van der Waals surface area (Å²) in [6.45, 7) is -0.379. The Morgan fingerprint density at radius 1 is 1.27 bits per heavy atom. The third-order valence-electron chi connectivity index (χ3n) is 3.08. The molecule has 0 fully saturated rings. The molecule has 0 spiro atoms. The topological polar surface area (TPSA) is 92.5 Å². The molecule has 0 radical (unpaired) electrons. The summed E-state index contributed by atoms with van der Waals surface area (Å²) in [6.07, 6.45) is 0. The number of carbonyl (C=O) groups excluding carboxylic acids is 1. The molecule has 0 unspecified atom stereocenters. The Hall–Kier alpha value is -2.80. The first-order chi connectivity index (χ1) is 10.5. The minimum absolute atomic E-state index is 0.0445. The molecule has 0 bridgehead atoms. The summed E-state index contributed by atoms with van der Waals surface area (Å²) >= 11 is 0. The molecule has 0 atom stereocenters. The summed E-state index contributed by atoms with van der Waals surface area (Å²) < 4.78 is 13.3. The molecular weight excluding hydrogens is 291 g/mol. The highest BCUT2D eigenvalue weighted by Gasteiger charge is 2.18. The van der Waals surface area contributed by atoms with Gasteiger partial charge in [0.05, 0.1) is 11.5 Å². The third kappa shape index (κ3) is 3.44. The summed E-state index contributed by atoms with van der Waals surface area (Å²) in [7, 11) is 0. The first-order valence-corrected chi connectivity index (χ1v) is 6.42. The van der Waals surface area contributed by atoms with Crippen LogP contribution in [0.15, 0.2) is 42.5 Å². The van der Waals surface area contributed by atoms with Crippen LogP contribution in [-0.4, -0.2) is 15.9 Å². The molecule has 0 saturated carbocycles. The fourth-order valence-electron chi connectivity index (χ4n) is 1.96. The van der Waals surface area contributed by atoms with Crippen LogP contribution in [-0.2, 0) is 13.2 Å². The summed E-state index contributed by atoms with van der Waals surface area (Å²) in [5.74, 6) is -1.13. The molecule has 2 rings (SSSR count). The predicted molar refractivity (Wildman–Crippen MR) is 76.6 cm³/mol. The van der Waals surface area contributed by atoms with E-state index in [1.54, 1.807) is 0 Å². The van der Waals surface area contributed by atoms with Crippen molar-refractivity contribution < 1.29 is 19.2 Å². The van der Waals surface area contributed by atoms with Crippen LogP contribution in [0.5, 0.6) is 0 Å². The Morgan fingerprint density at radius 3 is 2.68 bits per heavy atom. The lowest BCUT2D eigenvalue weighted by Gasteiger charge is -2.07. The van der Waals surface area contributed by atoms with Gasteiger partial charge < -0.3 is 10.4 Å². The van der Waals surface area contributed by atoms with Crippen LogP contribution in [0.25, 0.3) is 0 Å². The molecule has 6 nitrogen and oxygen atoms in total. The van der Waals surface area contributed by atoms with Gasteiger partial charge in [0.15, 0.2) is 0 Å². The van der Waals surface area contributed by atoms with Gasteiger partial charge in [-0.3, -0.25) is 14.9 Å². The molecular formula is C15H13FN2O4. The molecule has 1 amide bonds. The molecule has 2 aromatic carbocycles. The quantitative estimate of drug-likeness (QED) is 0.654. The molecule has 0 aliphatic carbocycles. The Kier molecular flexibility index (Phi) is 4.80. The number of rotatable bonds is 5. The molecule has 7 heteroatoms. The normalized spacial score (nSPS) is 10.3. The number of benzene rings is 2. The SMILES string of the molecule is O=C(NCc1ccc(F)c(CO)c1)c1ccccc1[N+](=O)[O-]. The highest BCUT2D eigenvalue weighted by atomic mass is 19.1. The van der Waals surface area contributed by atoms with Gasteiger partial charge in [-0.05, 0) is 23.8 Å². The van der Waals surface area contributed by atoms with E-state index in [1.807, 2.05) is 0 Å². The van der Waals surface area contributed by atoms with E-state index in [1.165, 1.54) is 42.5 Å². The number of nitrogens with zero attached hydrogens (tertiary/aromatic N) is 1. The summed E-state index contributed by atoms with van der Waals surface area (Å²) in [5.41, 5.74) is 0.377. The third-order valence-corrected chi connectivity index (χ3v) is 3.08. The maximum atomic E-state index is 13.3. The van der Waals surface area contributed by atoms with Crippen molar-refractivity contribution in [3.63, 3.8) is 0 Å². The largest absolute Gasteiger partial charge is 0.392 e. The molecule has 0 heterocycles. The molecule has 22 heavy (non-hydrogen) atoms. The Morgan fingerprint density at radius 2 is 2.00 bits per heavy atom. The van der Waals surface area contributed by atoms with Gasteiger partial charge in [0.25, 0.3) is 11.6 Å². The van der Waals surface area contributed by atoms with E-state index in [0.717, 1.165) is 0 Å². The van der Waals surface area contributed by atoms with Crippen LogP contribution >= 0.6 is 0 Å². The second kappa shape index (κ2) is 6.77. The molecule has 2 aromatic rings. The molecule has 0 aliphatic rings. The fourth-order valence-corrected chi connectivity index (χ4v) is 1.96. The van der Waals surface area contributed by atoms with Crippen molar-refractivity contribution in [3.8, 4) is 0 Å². The van der Waals surface area contributed by atoms with E-state index in [0.29, 0.717) is 5.56 Å². The zero-order chi connectivity index (χ0) is 16.1. The molecule has 2 N–H and O–H groups in total. The van der Waals surface area contributed by atoms with Crippen molar-refractivity contribution in [3.05, 3.63) is 75.1 Å². The highest BCUT2D eigenvalue weighted by molar-refractivity contribution is 5.98. The number of nitro groups is 1. The standard InChI is InChI=1S/C15H13FN2O4/c16-13-6-5-10(7-11(13)9-19)8-17-15(20)12-3-1-2-4-14(12)18(21)22/h1-7,19H,8-9H2,(H,17,20). The highest BCUT2D eigenvalue weighted by Crippen LogP contribution is 2.17. The van der Waals surface area contributed by atoms with Crippen LogP contribution in [0, 0.1) is 15.9 Å². The number of carbonyl (C=O) groups is 1. The first-order valence-electron chi connectivity index (χ1n) is 6.42. The number of hydrogen-bond donors (Lipinski definition) is 2. The van der Waals surface area contributed by atoms with Crippen LogP contribution in [0.2, 0.25) is 0 Å². The van der Waals surface area contributed by atoms with Crippen LogP contribution in [0.4, 0.5) is 10.1 Å². The number of aliphatic hydroxyl groups is 1. The Labute approximate surface area is 125 Å². The number of hydrogen-bond acceptors (Lipinski definition) is 4. The lowest BCUT2D eigenvalue weighted by Crippen LogP contribution is -2.23. The van der Waals surface area contributed by atoms with Gasteiger partial charge in [-0.2, -0.15) is 0 Å². The van der Waals surface area contributed by atoms with Crippen molar-refractivity contribution >= 4 is 11.6 Å². The van der Waals surface area contributed by atoms with Gasteiger partial charge in [0.2, 0.25) is 0 Å². The van der Waals surface area contributed by atoms with E-state index in [2.05, 4.69) is 5.32 Å². The van der Waals surface area contributed by atoms with Crippen LogP contribution in [0.3, 0.4) is 0 Å². The molecule has 0 saturated heterocycles. The predicted octanol–water partition coefficient (Wildman–Crippen LogP) is 2.16. The van der Waals surface area contributed by atoms with E-state index < -0.39 is 23.3 Å². The minimum atomic E-state index is -0.628. The van der Waals surface area contributed by atoms with Crippen molar-refractivity contribution in [2.45, 2.75) is 13.2 Å². The van der Waals surface area contributed by atoms with Crippen molar-refractivity contribution in [2.75, 3.05) is 0 Å². The monoisotopic (exact) mass is 304 g/mol. The van der Waals surface area contributed by atoms with Gasteiger partial charge >= 0.3 is 0 Å². The fraction of sp³-hybridized carbons (Fsp3) is 0.133. The van der Waals surface area contributed by atoms with Gasteiger partial charge in [-0.1, -0.05) is 18.2 Å². The number of nitro benzene ring substituents is 1. The van der Waals surface area contributed by atoms with Gasteiger partial charge in [0, 0.05) is 18.2 Å². The van der Waals surface area contributed by atoms with Crippen molar-refractivity contribution in [1.82, 2.24) is 5.32 Å². The smallest absolute Gasteiger partial charge is 0.282 e. The van der Waals surface area contributed by atoms with Gasteiger partial charge in [-0.15, -0.1) is 0 Å². The second-order valence-electron chi connectivity index (χ2n) is 4.54. The number of aliphatic hydroxyl groups excluding tert-OH is 1. The van der Waals surface area contributed by atoms with Crippen molar-refractivity contribution in [2.24, 2.45) is 0 Å². The minimum Gasteiger partial charge on any atom is -0.392 e. The summed E-state index contributed by atoms with van der Waals surface area (Å²) in [6, 6.07) is 9.70. The number of nitrogens with one attached hydrogen (secondary N) is 1. The van der Waals surface area contributed by atoms with Gasteiger partial charge in [0.1, 0.15) is 11.4 Å². The van der Waals surface area contributed by atoms with Crippen LogP contribution in [0.1, 0.15) is 21.5 Å². The molecule has 0 aromatic heterocycles.